The Kier molecular flexibility index (Phi) is 7.46. The number of anilines is 1. The van der Waals surface area contributed by atoms with Gasteiger partial charge in [0.05, 0.1) is 19.9 Å². The second-order valence-corrected chi connectivity index (χ2v) is 10.6. The summed E-state index contributed by atoms with van der Waals surface area (Å²) in [6.45, 7) is 1.03. The lowest BCUT2D eigenvalue weighted by Crippen LogP contribution is -2.29. The first-order valence-electron chi connectivity index (χ1n) is 11.8. The Balaban J connectivity index is 1.59. The predicted octanol–water partition coefficient (Wildman–Crippen LogP) is 4.16. The molecule has 1 saturated carbocycles. The van der Waals surface area contributed by atoms with E-state index in [0.29, 0.717) is 42.4 Å². The third-order valence-electron chi connectivity index (χ3n) is 6.60. The van der Waals surface area contributed by atoms with E-state index in [4.69, 9.17) is 9.47 Å². The number of benzene rings is 2. The Morgan fingerprint density at radius 3 is 2.62 bits per heavy atom. The van der Waals surface area contributed by atoms with Crippen LogP contribution in [0.2, 0.25) is 0 Å². The molecule has 182 valence electrons. The Labute approximate surface area is 201 Å². The van der Waals surface area contributed by atoms with Crippen LogP contribution in [0.5, 0.6) is 11.5 Å². The SMILES string of the molecule is COc1cc(C=CC(=O)NCC2CCCCC2)cc(S(=O)(=O)N2CCc3ccccc32)c1OC. The molecule has 0 bridgehead atoms. The quantitative estimate of drug-likeness (QED) is 0.569. The first-order chi connectivity index (χ1) is 16.4. The molecule has 0 radical (unpaired) electrons. The zero-order chi connectivity index (χ0) is 24.1. The molecular weight excluding hydrogens is 452 g/mol. The number of hydrogen-bond acceptors (Lipinski definition) is 5. The highest BCUT2D eigenvalue weighted by Gasteiger charge is 2.34. The van der Waals surface area contributed by atoms with Crippen LogP contribution in [0.25, 0.3) is 6.08 Å². The number of amides is 1. The van der Waals surface area contributed by atoms with Crippen molar-refractivity contribution in [1.82, 2.24) is 5.32 Å². The Hall–Kier alpha value is -3.00. The maximum absolute atomic E-state index is 13.7. The number of nitrogens with one attached hydrogen (secondary N) is 1. The summed E-state index contributed by atoms with van der Waals surface area (Å²) in [6, 6.07) is 10.7. The highest BCUT2D eigenvalue weighted by molar-refractivity contribution is 7.93. The summed E-state index contributed by atoms with van der Waals surface area (Å²) >= 11 is 0. The molecule has 1 amide bonds. The lowest BCUT2D eigenvalue weighted by atomic mass is 9.89. The van der Waals surface area contributed by atoms with Gasteiger partial charge < -0.3 is 14.8 Å². The zero-order valence-electron chi connectivity index (χ0n) is 19.7. The molecule has 1 N–H and O–H groups in total. The average Bonchev–Trinajstić information content (AvgIpc) is 3.31. The van der Waals surface area contributed by atoms with Crippen molar-refractivity contribution in [3.63, 3.8) is 0 Å². The van der Waals surface area contributed by atoms with Gasteiger partial charge in [-0.15, -0.1) is 0 Å². The molecule has 0 spiro atoms. The van der Waals surface area contributed by atoms with Crippen molar-refractivity contribution in [1.29, 1.82) is 0 Å². The second-order valence-electron chi connectivity index (χ2n) is 8.79. The normalized spacial score (nSPS) is 16.5. The van der Waals surface area contributed by atoms with Gasteiger partial charge in [0.15, 0.2) is 11.5 Å². The summed E-state index contributed by atoms with van der Waals surface area (Å²) in [5.41, 5.74) is 2.20. The van der Waals surface area contributed by atoms with Crippen LogP contribution in [-0.4, -0.2) is 41.6 Å². The van der Waals surface area contributed by atoms with Gasteiger partial charge in [-0.1, -0.05) is 37.5 Å². The standard InChI is InChI=1S/C26H32N2O5S/c1-32-23-16-20(12-13-25(29)27-18-19-8-4-3-5-9-19)17-24(26(23)33-2)34(30,31)28-15-14-21-10-6-7-11-22(21)28/h6-7,10-13,16-17,19H,3-5,8-9,14-15,18H2,1-2H3,(H,27,29). The van der Waals surface area contributed by atoms with Crippen molar-refractivity contribution < 1.29 is 22.7 Å². The molecule has 1 fully saturated rings. The highest BCUT2D eigenvalue weighted by Crippen LogP contribution is 2.40. The summed E-state index contributed by atoms with van der Waals surface area (Å²) in [5.74, 6) is 0.773. The number of carbonyl (C=O) groups excluding carboxylic acids is 1. The van der Waals surface area contributed by atoms with E-state index in [9.17, 15) is 13.2 Å². The van der Waals surface area contributed by atoms with Crippen molar-refractivity contribution in [2.24, 2.45) is 5.92 Å². The first kappa shape index (κ1) is 24.1. The highest BCUT2D eigenvalue weighted by atomic mass is 32.2. The minimum absolute atomic E-state index is 0.00770. The van der Waals surface area contributed by atoms with E-state index < -0.39 is 10.0 Å². The molecule has 0 saturated heterocycles. The second kappa shape index (κ2) is 10.5. The third-order valence-corrected chi connectivity index (χ3v) is 8.42. The van der Waals surface area contributed by atoms with Gasteiger partial charge in [0.2, 0.25) is 5.91 Å². The summed E-state index contributed by atoms with van der Waals surface area (Å²) in [5, 5.41) is 2.97. The summed E-state index contributed by atoms with van der Waals surface area (Å²) in [4.78, 5) is 12.4. The molecule has 2 aliphatic rings. The van der Waals surface area contributed by atoms with E-state index in [1.165, 1.54) is 49.9 Å². The molecule has 2 aromatic rings. The topological polar surface area (TPSA) is 84.9 Å². The van der Waals surface area contributed by atoms with Gasteiger partial charge in [0.25, 0.3) is 10.0 Å². The fraction of sp³-hybridized carbons (Fsp3) is 0.423. The third kappa shape index (κ3) is 5.06. The molecule has 1 heterocycles. The molecule has 0 aromatic heterocycles. The lowest BCUT2D eigenvalue weighted by Gasteiger charge is -2.22. The van der Waals surface area contributed by atoms with Crippen LogP contribution in [0.15, 0.2) is 47.4 Å². The van der Waals surface area contributed by atoms with Gasteiger partial charge in [-0.05, 0) is 60.6 Å². The molecule has 0 atom stereocenters. The zero-order valence-corrected chi connectivity index (χ0v) is 20.6. The lowest BCUT2D eigenvalue weighted by molar-refractivity contribution is -0.116. The molecule has 4 rings (SSSR count). The minimum Gasteiger partial charge on any atom is -0.493 e. The molecule has 2 aromatic carbocycles. The number of fused-ring (bicyclic) bond motifs is 1. The van der Waals surface area contributed by atoms with Gasteiger partial charge in [-0.2, -0.15) is 0 Å². The average molecular weight is 485 g/mol. The summed E-state index contributed by atoms with van der Waals surface area (Å²) < 4.78 is 39.7. The van der Waals surface area contributed by atoms with Crippen LogP contribution >= 0.6 is 0 Å². The first-order valence-corrected chi connectivity index (χ1v) is 13.2. The van der Waals surface area contributed by atoms with Gasteiger partial charge in [-0.25, -0.2) is 8.42 Å². The fourth-order valence-corrected chi connectivity index (χ4v) is 6.49. The van der Waals surface area contributed by atoms with Crippen LogP contribution in [0.4, 0.5) is 5.69 Å². The van der Waals surface area contributed by atoms with E-state index in [-0.39, 0.29) is 16.6 Å². The molecule has 8 heteroatoms. The van der Waals surface area contributed by atoms with E-state index in [1.54, 1.807) is 12.1 Å². The van der Waals surface area contributed by atoms with Crippen molar-refractivity contribution in [3.05, 3.63) is 53.6 Å². The summed E-state index contributed by atoms with van der Waals surface area (Å²) in [7, 11) is -1.04. The molecular formula is C26H32N2O5S. The van der Waals surface area contributed by atoms with Crippen molar-refractivity contribution in [3.8, 4) is 11.5 Å². The predicted molar refractivity (Wildman–Crippen MR) is 133 cm³/mol. The molecule has 34 heavy (non-hydrogen) atoms. The van der Waals surface area contributed by atoms with E-state index >= 15 is 0 Å². The Bertz CT molecular complexity index is 1170. The van der Waals surface area contributed by atoms with E-state index in [2.05, 4.69) is 5.32 Å². The van der Waals surface area contributed by atoms with Gasteiger partial charge >= 0.3 is 0 Å². The molecule has 0 unspecified atom stereocenters. The maximum atomic E-state index is 13.7. The number of nitrogens with zero attached hydrogens (tertiary/aromatic N) is 1. The van der Waals surface area contributed by atoms with Crippen LogP contribution in [-0.2, 0) is 21.2 Å². The van der Waals surface area contributed by atoms with E-state index in [0.717, 1.165) is 18.4 Å². The Morgan fingerprint density at radius 2 is 1.88 bits per heavy atom. The van der Waals surface area contributed by atoms with E-state index in [1.807, 2.05) is 24.3 Å². The van der Waals surface area contributed by atoms with Crippen LogP contribution in [0, 0.1) is 5.92 Å². The molecule has 7 nitrogen and oxygen atoms in total. The molecule has 1 aliphatic carbocycles. The van der Waals surface area contributed by atoms with Crippen LogP contribution < -0.4 is 19.1 Å². The van der Waals surface area contributed by atoms with Gasteiger partial charge in [-0.3, -0.25) is 9.10 Å². The van der Waals surface area contributed by atoms with Gasteiger partial charge in [0.1, 0.15) is 4.90 Å². The van der Waals surface area contributed by atoms with Crippen LogP contribution in [0.3, 0.4) is 0 Å². The minimum atomic E-state index is -3.92. The number of para-hydroxylation sites is 1. The number of sulfonamides is 1. The molecule has 1 aliphatic heterocycles. The fourth-order valence-electron chi connectivity index (χ4n) is 4.78. The van der Waals surface area contributed by atoms with Crippen molar-refractivity contribution in [2.45, 2.75) is 43.4 Å². The van der Waals surface area contributed by atoms with Gasteiger partial charge in [0, 0.05) is 19.2 Å². The smallest absolute Gasteiger partial charge is 0.268 e. The number of ether oxygens (including phenoxy) is 2. The number of methoxy groups -OCH3 is 2. The Morgan fingerprint density at radius 1 is 1.12 bits per heavy atom. The number of carbonyl (C=O) groups is 1. The monoisotopic (exact) mass is 484 g/mol. The van der Waals surface area contributed by atoms with Crippen molar-refractivity contribution in [2.75, 3.05) is 31.6 Å². The number of rotatable bonds is 8. The number of hydrogen-bond donors (Lipinski definition) is 1. The maximum Gasteiger partial charge on any atom is 0.268 e. The van der Waals surface area contributed by atoms with Crippen LogP contribution in [0.1, 0.15) is 43.2 Å². The summed E-state index contributed by atoms with van der Waals surface area (Å²) in [6.07, 6.45) is 9.72. The van der Waals surface area contributed by atoms with Crippen molar-refractivity contribution >= 4 is 27.7 Å². The largest absolute Gasteiger partial charge is 0.493 e.